The summed E-state index contributed by atoms with van der Waals surface area (Å²) in [5.41, 5.74) is -1.33. The molecule has 1 aliphatic heterocycles. The van der Waals surface area contributed by atoms with Crippen LogP contribution in [0.5, 0.6) is 11.5 Å². The number of hydrogen-bond acceptors (Lipinski definition) is 9. The van der Waals surface area contributed by atoms with Gasteiger partial charge in [0.1, 0.15) is 53.2 Å². The second-order valence-corrected chi connectivity index (χ2v) is 5.76. The van der Waals surface area contributed by atoms with Gasteiger partial charge in [-0.2, -0.15) is 0 Å². The van der Waals surface area contributed by atoms with E-state index in [0.717, 1.165) is 0 Å². The van der Waals surface area contributed by atoms with E-state index in [1.807, 2.05) is 0 Å². The molecule has 0 radical (unpaired) electrons. The number of ether oxygens (including phenoxy) is 2. The lowest BCUT2D eigenvalue weighted by Gasteiger charge is -2.39. The lowest BCUT2D eigenvalue weighted by atomic mass is 9.91. The van der Waals surface area contributed by atoms with Crippen LogP contribution in [0.1, 0.15) is 11.7 Å². The SMILES string of the molecule is COc1ccc2c(O)c([C@@H]3O[C@H](CO)[C@@H](O)[C@H](O)[C@H]3O)c(=O)oc2c1. The van der Waals surface area contributed by atoms with E-state index in [1.54, 1.807) is 6.07 Å². The molecule has 1 fully saturated rings. The fraction of sp³-hybridized carbons (Fsp3) is 0.438. The Kier molecular flexibility index (Phi) is 4.67. The first kappa shape index (κ1) is 17.6. The zero-order valence-electron chi connectivity index (χ0n) is 13.2. The van der Waals surface area contributed by atoms with Gasteiger partial charge in [-0.15, -0.1) is 0 Å². The van der Waals surface area contributed by atoms with Gasteiger partial charge >= 0.3 is 5.63 Å². The minimum atomic E-state index is -1.71. The van der Waals surface area contributed by atoms with Crippen LogP contribution in [-0.4, -0.2) is 63.7 Å². The first-order chi connectivity index (χ1) is 11.9. The minimum absolute atomic E-state index is 0.0650. The van der Waals surface area contributed by atoms with Crippen LogP contribution < -0.4 is 10.4 Å². The highest BCUT2D eigenvalue weighted by atomic mass is 16.5. The maximum Gasteiger partial charge on any atom is 0.346 e. The van der Waals surface area contributed by atoms with Crippen molar-refractivity contribution in [1.82, 2.24) is 0 Å². The van der Waals surface area contributed by atoms with E-state index in [-0.39, 0.29) is 11.0 Å². The van der Waals surface area contributed by atoms with Crippen molar-refractivity contribution in [2.24, 2.45) is 0 Å². The fourth-order valence-corrected chi connectivity index (χ4v) is 2.90. The summed E-state index contributed by atoms with van der Waals surface area (Å²) in [6.07, 6.45) is -7.66. The van der Waals surface area contributed by atoms with Gasteiger partial charge in [0, 0.05) is 6.07 Å². The molecule has 0 unspecified atom stereocenters. The van der Waals surface area contributed by atoms with Crippen LogP contribution in [0.4, 0.5) is 0 Å². The van der Waals surface area contributed by atoms with E-state index in [1.165, 1.54) is 19.2 Å². The molecule has 0 bridgehead atoms. The molecule has 1 saturated heterocycles. The average Bonchev–Trinajstić information content (AvgIpc) is 2.61. The molecular formula is C16H18O9. The van der Waals surface area contributed by atoms with Gasteiger partial charge in [0.15, 0.2) is 0 Å². The normalized spacial score (nSPS) is 29.7. The highest BCUT2D eigenvalue weighted by molar-refractivity contribution is 5.85. The van der Waals surface area contributed by atoms with Crippen LogP contribution in [0.2, 0.25) is 0 Å². The molecule has 1 aromatic carbocycles. The van der Waals surface area contributed by atoms with E-state index in [9.17, 15) is 30.3 Å². The van der Waals surface area contributed by atoms with Crippen LogP contribution in [0.3, 0.4) is 0 Å². The summed E-state index contributed by atoms with van der Waals surface area (Å²) in [7, 11) is 1.43. The number of rotatable bonds is 3. The Morgan fingerprint density at radius 2 is 1.88 bits per heavy atom. The Balaban J connectivity index is 2.13. The molecule has 136 valence electrons. The third-order valence-electron chi connectivity index (χ3n) is 4.30. The summed E-state index contributed by atoms with van der Waals surface area (Å²) >= 11 is 0. The van der Waals surface area contributed by atoms with Crippen LogP contribution in [-0.2, 0) is 4.74 Å². The number of methoxy groups -OCH3 is 1. The standard InChI is InChI=1S/C16H18O9/c1-23-6-2-3-7-8(4-6)25-16(22)10(11(7)18)15-14(21)13(20)12(19)9(5-17)24-15/h2-4,9,12-15,17-21H,5H2,1H3/t9-,12-,13+,14-,15+/m1/s1. The Labute approximate surface area is 141 Å². The van der Waals surface area contributed by atoms with E-state index in [2.05, 4.69) is 0 Å². The lowest BCUT2D eigenvalue weighted by molar-refractivity contribution is -0.232. The molecule has 1 aliphatic rings. The summed E-state index contributed by atoms with van der Waals surface area (Å²) in [4.78, 5) is 12.3. The van der Waals surface area contributed by atoms with Crippen LogP contribution in [0.25, 0.3) is 11.0 Å². The maximum atomic E-state index is 12.3. The van der Waals surface area contributed by atoms with E-state index >= 15 is 0 Å². The van der Waals surface area contributed by atoms with Gasteiger partial charge in [0.2, 0.25) is 0 Å². The number of hydrogen-bond donors (Lipinski definition) is 5. The van der Waals surface area contributed by atoms with Crippen LogP contribution >= 0.6 is 0 Å². The molecule has 2 aromatic rings. The van der Waals surface area contributed by atoms with Crippen molar-refractivity contribution < 1.29 is 39.4 Å². The highest BCUT2D eigenvalue weighted by Crippen LogP contribution is 2.38. The molecule has 9 nitrogen and oxygen atoms in total. The minimum Gasteiger partial charge on any atom is -0.507 e. The molecule has 2 heterocycles. The fourth-order valence-electron chi connectivity index (χ4n) is 2.90. The van der Waals surface area contributed by atoms with Crippen molar-refractivity contribution in [2.75, 3.05) is 13.7 Å². The van der Waals surface area contributed by atoms with Gasteiger partial charge in [0.25, 0.3) is 0 Å². The van der Waals surface area contributed by atoms with Gasteiger partial charge in [-0.05, 0) is 12.1 Å². The lowest BCUT2D eigenvalue weighted by Crippen LogP contribution is -2.55. The molecule has 5 N–H and O–H groups in total. The first-order valence-electron chi connectivity index (χ1n) is 7.53. The largest absolute Gasteiger partial charge is 0.507 e. The van der Waals surface area contributed by atoms with Crippen molar-refractivity contribution in [3.8, 4) is 11.5 Å². The molecule has 0 aliphatic carbocycles. The number of fused-ring (bicyclic) bond motifs is 1. The maximum absolute atomic E-state index is 12.3. The Hall–Kier alpha value is -2.17. The summed E-state index contributed by atoms with van der Waals surface area (Å²) < 4.78 is 15.5. The third-order valence-corrected chi connectivity index (χ3v) is 4.30. The van der Waals surface area contributed by atoms with E-state index < -0.39 is 54.1 Å². The van der Waals surface area contributed by atoms with Gasteiger partial charge in [0.05, 0.1) is 19.1 Å². The predicted octanol–water partition coefficient (Wildman–Crippen LogP) is -0.978. The Morgan fingerprint density at radius 1 is 1.16 bits per heavy atom. The molecule has 1 aromatic heterocycles. The smallest absolute Gasteiger partial charge is 0.346 e. The van der Waals surface area contributed by atoms with E-state index in [4.69, 9.17) is 13.9 Å². The Bertz CT molecular complexity index is 828. The van der Waals surface area contributed by atoms with Crippen LogP contribution in [0.15, 0.2) is 27.4 Å². The number of aliphatic hydroxyl groups excluding tert-OH is 4. The number of aliphatic hydroxyl groups is 4. The third kappa shape index (κ3) is 2.86. The monoisotopic (exact) mass is 354 g/mol. The average molecular weight is 354 g/mol. The highest BCUT2D eigenvalue weighted by Gasteiger charge is 2.46. The topological polar surface area (TPSA) is 150 Å². The summed E-state index contributed by atoms with van der Waals surface area (Å²) in [5.74, 6) is -0.0751. The summed E-state index contributed by atoms with van der Waals surface area (Å²) in [5, 5.41) is 49.7. The molecule has 3 rings (SSSR count). The van der Waals surface area contributed by atoms with Gasteiger partial charge in [-0.3, -0.25) is 0 Å². The summed E-state index contributed by atoms with van der Waals surface area (Å²) in [6.45, 7) is -0.654. The van der Waals surface area contributed by atoms with Gasteiger partial charge in [-0.25, -0.2) is 4.79 Å². The molecule has 5 atom stereocenters. The zero-order valence-corrected chi connectivity index (χ0v) is 13.2. The molecular weight excluding hydrogens is 336 g/mol. The molecule has 9 heteroatoms. The predicted molar refractivity (Wildman–Crippen MR) is 83.4 cm³/mol. The molecule has 0 saturated carbocycles. The van der Waals surface area contributed by atoms with Crippen molar-refractivity contribution in [3.05, 3.63) is 34.2 Å². The zero-order chi connectivity index (χ0) is 18.3. The van der Waals surface area contributed by atoms with Crippen LogP contribution in [0, 0.1) is 0 Å². The summed E-state index contributed by atoms with van der Waals surface area (Å²) in [6, 6.07) is 4.41. The van der Waals surface area contributed by atoms with Gasteiger partial charge < -0.3 is 39.4 Å². The number of benzene rings is 1. The molecule has 25 heavy (non-hydrogen) atoms. The van der Waals surface area contributed by atoms with Crippen molar-refractivity contribution >= 4 is 11.0 Å². The number of aromatic hydroxyl groups is 1. The van der Waals surface area contributed by atoms with Crippen molar-refractivity contribution in [1.29, 1.82) is 0 Å². The quantitative estimate of drug-likeness (QED) is 0.438. The first-order valence-corrected chi connectivity index (χ1v) is 7.53. The molecule has 0 amide bonds. The van der Waals surface area contributed by atoms with Crippen molar-refractivity contribution in [2.45, 2.75) is 30.5 Å². The van der Waals surface area contributed by atoms with Crippen molar-refractivity contribution in [3.63, 3.8) is 0 Å². The molecule has 0 spiro atoms. The second-order valence-electron chi connectivity index (χ2n) is 5.76. The Morgan fingerprint density at radius 3 is 2.52 bits per heavy atom. The van der Waals surface area contributed by atoms with E-state index in [0.29, 0.717) is 5.75 Å². The van der Waals surface area contributed by atoms with Gasteiger partial charge in [-0.1, -0.05) is 0 Å². The second kappa shape index (κ2) is 6.62.